The van der Waals surface area contributed by atoms with Gasteiger partial charge < -0.3 is 25.8 Å². The highest BCUT2D eigenvalue weighted by molar-refractivity contribution is 5.91. The number of rotatable bonds is 12. The summed E-state index contributed by atoms with van der Waals surface area (Å²) in [5.74, 6) is -2.33. The zero-order valence-corrected chi connectivity index (χ0v) is 16.8. The molecule has 2 atom stereocenters. The first-order chi connectivity index (χ1) is 13.9. The second-order valence-electron chi connectivity index (χ2n) is 6.48. The standard InChI is InChI=1S/C20H29N3O6/c1-3-4-10-29-20(28)16(11-15-8-6-5-7-9-15)23-18(26)12-21-19(27)17(13-24)22-14(2)25/h5-9,16-17,24H,3-4,10-13H2,1-2H3,(H,21,27)(H,22,25)(H,23,26)/t16-,17-/m0/s1. The smallest absolute Gasteiger partial charge is 0.328 e. The number of carbonyl (C=O) groups is 4. The summed E-state index contributed by atoms with van der Waals surface area (Å²) in [6, 6.07) is 7.11. The molecule has 9 nitrogen and oxygen atoms in total. The molecule has 0 unspecified atom stereocenters. The molecule has 1 aromatic carbocycles. The maximum Gasteiger partial charge on any atom is 0.328 e. The van der Waals surface area contributed by atoms with E-state index in [2.05, 4.69) is 16.0 Å². The summed E-state index contributed by atoms with van der Waals surface area (Å²) in [7, 11) is 0. The Hall–Kier alpha value is -2.94. The van der Waals surface area contributed by atoms with E-state index >= 15 is 0 Å². The first kappa shape index (κ1) is 24.1. The van der Waals surface area contributed by atoms with Crippen molar-refractivity contribution < 1.29 is 29.0 Å². The SMILES string of the molecule is CCCCOC(=O)[C@H](Cc1ccccc1)NC(=O)CNC(=O)[C@H](CO)NC(C)=O. The van der Waals surface area contributed by atoms with E-state index in [1.807, 2.05) is 37.3 Å². The van der Waals surface area contributed by atoms with Gasteiger partial charge in [0.15, 0.2) is 0 Å². The fourth-order valence-electron chi connectivity index (χ4n) is 2.44. The van der Waals surface area contributed by atoms with Crippen LogP contribution in [0.15, 0.2) is 30.3 Å². The van der Waals surface area contributed by atoms with Crippen molar-refractivity contribution in [1.82, 2.24) is 16.0 Å². The monoisotopic (exact) mass is 407 g/mol. The van der Waals surface area contributed by atoms with Crippen molar-refractivity contribution in [3.63, 3.8) is 0 Å². The molecule has 0 aliphatic heterocycles. The molecule has 160 valence electrons. The summed E-state index contributed by atoms with van der Waals surface area (Å²) < 4.78 is 5.22. The Bertz CT molecular complexity index is 680. The van der Waals surface area contributed by atoms with Gasteiger partial charge in [0.25, 0.3) is 0 Å². The molecule has 0 radical (unpaired) electrons. The van der Waals surface area contributed by atoms with Crippen LogP contribution in [0.5, 0.6) is 0 Å². The fourth-order valence-corrected chi connectivity index (χ4v) is 2.44. The summed E-state index contributed by atoms with van der Waals surface area (Å²) in [5.41, 5.74) is 0.847. The van der Waals surface area contributed by atoms with Crippen LogP contribution in [0.25, 0.3) is 0 Å². The molecular formula is C20H29N3O6. The Morgan fingerprint density at radius 3 is 2.34 bits per heavy atom. The lowest BCUT2D eigenvalue weighted by Crippen LogP contribution is -2.52. The maximum atomic E-state index is 12.4. The Morgan fingerprint density at radius 1 is 1.07 bits per heavy atom. The summed E-state index contributed by atoms with van der Waals surface area (Å²) in [4.78, 5) is 47.6. The first-order valence-corrected chi connectivity index (χ1v) is 9.53. The molecule has 1 rings (SSSR count). The highest BCUT2D eigenvalue weighted by Gasteiger charge is 2.24. The van der Waals surface area contributed by atoms with Crippen LogP contribution < -0.4 is 16.0 Å². The molecule has 0 bridgehead atoms. The number of esters is 1. The highest BCUT2D eigenvalue weighted by atomic mass is 16.5. The van der Waals surface area contributed by atoms with E-state index in [1.165, 1.54) is 6.92 Å². The summed E-state index contributed by atoms with van der Waals surface area (Å²) in [6.07, 6.45) is 1.84. The Kier molecular flexibility index (Phi) is 11.0. The van der Waals surface area contributed by atoms with Crippen molar-refractivity contribution in [2.75, 3.05) is 19.8 Å². The van der Waals surface area contributed by atoms with Crippen molar-refractivity contribution in [1.29, 1.82) is 0 Å². The van der Waals surface area contributed by atoms with Crippen molar-refractivity contribution in [2.24, 2.45) is 0 Å². The average molecular weight is 407 g/mol. The van der Waals surface area contributed by atoms with Crippen LogP contribution in [0.4, 0.5) is 0 Å². The number of ether oxygens (including phenoxy) is 1. The second-order valence-corrected chi connectivity index (χ2v) is 6.48. The average Bonchev–Trinajstić information content (AvgIpc) is 2.70. The molecule has 1 aromatic rings. The topological polar surface area (TPSA) is 134 Å². The quantitative estimate of drug-likeness (QED) is 0.277. The van der Waals surface area contributed by atoms with Gasteiger partial charge >= 0.3 is 5.97 Å². The van der Waals surface area contributed by atoms with Crippen molar-refractivity contribution >= 4 is 23.7 Å². The van der Waals surface area contributed by atoms with Gasteiger partial charge in [0.1, 0.15) is 12.1 Å². The van der Waals surface area contributed by atoms with Crippen molar-refractivity contribution in [3.8, 4) is 0 Å². The van der Waals surface area contributed by atoms with Crippen LogP contribution in [0.2, 0.25) is 0 Å². The lowest BCUT2D eigenvalue weighted by atomic mass is 10.1. The second kappa shape index (κ2) is 13.3. The van der Waals surface area contributed by atoms with Gasteiger partial charge in [-0.3, -0.25) is 14.4 Å². The molecule has 0 aliphatic rings. The van der Waals surface area contributed by atoms with E-state index in [9.17, 15) is 19.2 Å². The molecule has 0 fully saturated rings. The van der Waals surface area contributed by atoms with Crippen LogP contribution in [-0.2, 0) is 30.3 Å². The number of hydrogen-bond donors (Lipinski definition) is 4. The van der Waals surface area contributed by atoms with E-state index in [1.54, 1.807) is 0 Å². The van der Waals surface area contributed by atoms with E-state index in [4.69, 9.17) is 9.84 Å². The molecule has 0 aromatic heterocycles. The summed E-state index contributed by atoms with van der Waals surface area (Å²) >= 11 is 0. The van der Waals surface area contributed by atoms with Gasteiger partial charge in [-0.1, -0.05) is 43.7 Å². The van der Waals surface area contributed by atoms with Crippen LogP contribution in [0.3, 0.4) is 0 Å². The van der Waals surface area contributed by atoms with E-state index in [-0.39, 0.29) is 13.0 Å². The van der Waals surface area contributed by atoms with Crippen molar-refractivity contribution in [2.45, 2.75) is 45.2 Å². The Morgan fingerprint density at radius 2 is 1.76 bits per heavy atom. The van der Waals surface area contributed by atoms with Gasteiger partial charge in [0, 0.05) is 13.3 Å². The molecule has 0 aliphatic carbocycles. The predicted molar refractivity (Wildman–Crippen MR) is 106 cm³/mol. The van der Waals surface area contributed by atoms with Crippen LogP contribution in [-0.4, -0.2) is 60.6 Å². The number of unbranched alkanes of at least 4 members (excludes halogenated alkanes) is 1. The molecule has 9 heteroatoms. The number of amides is 3. The minimum Gasteiger partial charge on any atom is -0.464 e. The number of carbonyl (C=O) groups excluding carboxylic acids is 4. The summed E-state index contributed by atoms with van der Waals surface area (Å²) in [6.45, 7) is 2.43. The van der Waals surface area contributed by atoms with Gasteiger partial charge in [-0.15, -0.1) is 0 Å². The highest BCUT2D eigenvalue weighted by Crippen LogP contribution is 2.05. The minimum atomic E-state index is -1.15. The molecule has 0 spiro atoms. The first-order valence-electron chi connectivity index (χ1n) is 9.53. The van der Waals surface area contributed by atoms with Crippen LogP contribution in [0, 0.1) is 0 Å². The van der Waals surface area contributed by atoms with E-state index in [0.717, 1.165) is 18.4 Å². The summed E-state index contributed by atoms with van der Waals surface area (Å²) in [5, 5.41) is 16.3. The van der Waals surface area contributed by atoms with Crippen LogP contribution >= 0.6 is 0 Å². The molecule has 0 saturated carbocycles. The molecule has 0 saturated heterocycles. The van der Waals surface area contributed by atoms with Gasteiger partial charge in [-0.25, -0.2) is 4.79 Å². The lowest BCUT2D eigenvalue weighted by Gasteiger charge is -2.19. The number of aliphatic hydroxyl groups excluding tert-OH is 1. The van der Waals surface area contributed by atoms with E-state index in [0.29, 0.717) is 0 Å². The van der Waals surface area contributed by atoms with Gasteiger partial charge in [0.2, 0.25) is 17.7 Å². The van der Waals surface area contributed by atoms with Crippen molar-refractivity contribution in [3.05, 3.63) is 35.9 Å². The van der Waals surface area contributed by atoms with E-state index < -0.39 is 48.9 Å². The third kappa shape index (κ3) is 9.70. The molecule has 4 N–H and O–H groups in total. The van der Waals surface area contributed by atoms with Gasteiger partial charge in [0.05, 0.1) is 19.8 Å². The lowest BCUT2D eigenvalue weighted by molar-refractivity contribution is -0.148. The molecule has 29 heavy (non-hydrogen) atoms. The predicted octanol–water partition coefficient (Wildman–Crippen LogP) is -0.330. The maximum absolute atomic E-state index is 12.4. The zero-order chi connectivity index (χ0) is 21.6. The third-order valence-corrected chi connectivity index (χ3v) is 3.94. The van der Waals surface area contributed by atoms with Crippen LogP contribution in [0.1, 0.15) is 32.3 Å². The zero-order valence-electron chi connectivity index (χ0n) is 16.8. The normalized spacial score (nSPS) is 12.4. The van der Waals surface area contributed by atoms with Gasteiger partial charge in [-0.2, -0.15) is 0 Å². The fraction of sp³-hybridized carbons (Fsp3) is 0.500. The number of aliphatic hydroxyl groups is 1. The molecular weight excluding hydrogens is 378 g/mol. The largest absolute Gasteiger partial charge is 0.464 e. The van der Waals surface area contributed by atoms with Gasteiger partial charge in [-0.05, 0) is 12.0 Å². The Labute approximate surface area is 170 Å². The molecule has 0 heterocycles. The number of hydrogen-bond acceptors (Lipinski definition) is 6. The minimum absolute atomic E-state index is 0.247. The Balaban J connectivity index is 2.66. The number of nitrogens with one attached hydrogen (secondary N) is 3. The third-order valence-electron chi connectivity index (χ3n) is 3.94. The molecule has 3 amide bonds. The number of benzene rings is 1.